The van der Waals surface area contributed by atoms with Crippen LogP contribution in [0.1, 0.15) is 12.8 Å². The molecule has 0 aromatic rings. The fourth-order valence-corrected chi connectivity index (χ4v) is 1.09. The molecule has 0 aromatic carbocycles. The molecule has 0 aromatic heterocycles. The average Bonchev–Trinajstić information content (AvgIpc) is 2.19. The second-order valence-electron chi connectivity index (χ2n) is 2.28. The maximum absolute atomic E-state index is 5.36. The summed E-state index contributed by atoms with van der Waals surface area (Å²) in [6.07, 6.45) is 3.09. The van der Waals surface area contributed by atoms with Gasteiger partial charge < -0.3 is 10.1 Å². The number of hydrogen-bond acceptors (Lipinski definition) is 1. The molecule has 0 aliphatic carbocycles. The van der Waals surface area contributed by atoms with Crippen molar-refractivity contribution in [2.24, 2.45) is 0 Å². The summed E-state index contributed by atoms with van der Waals surface area (Å²) >= 11 is 0. The molecule has 1 atom stereocenters. The van der Waals surface area contributed by atoms with Crippen molar-refractivity contribution in [3.8, 4) is 0 Å². The second-order valence-corrected chi connectivity index (χ2v) is 2.28. The Balaban J connectivity index is 2.06. The van der Waals surface area contributed by atoms with Crippen LogP contribution >= 0.6 is 0 Å². The van der Waals surface area contributed by atoms with Crippen LogP contribution in [0.25, 0.3) is 0 Å². The van der Waals surface area contributed by atoms with E-state index in [0.717, 1.165) is 13.2 Å². The molecule has 0 bridgehead atoms. The van der Waals surface area contributed by atoms with Gasteiger partial charge in [0.1, 0.15) is 12.6 Å². The van der Waals surface area contributed by atoms with E-state index in [1.165, 1.54) is 12.8 Å². The summed E-state index contributed by atoms with van der Waals surface area (Å²) in [7, 11) is 2.08. The maximum atomic E-state index is 5.36. The van der Waals surface area contributed by atoms with Crippen LogP contribution in [0.2, 0.25) is 0 Å². The minimum absolute atomic E-state index is 0.556. The summed E-state index contributed by atoms with van der Waals surface area (Å²) in [5, 5.41) is 2.18. The van der Waals surface area contributed by atoms with Crippen LogP contribution < -0.4 is 5.32 Å². The molecular weight excluding hydrogens is 102 g/mol. The largest absolute Gasteiger partial charge is 0.372 e. The lowest BCUT2D eigenvalue weighted by Gasteiger charge is -2.03. The summed E-state index contributed by atoms with van der Waals surface area (Å²) in [6, 6.07) is 0. The highest BCUT2D eigenvalue weighted by atomic mass is 16.5. The third-order valence-electron chi connectivity index (χ3n) is 1.52. The van der Waals surface area contributed by atoms with Gasteiger partial charge in [0.2, 0.25) is 0 Å². The lowest BCUT2D eigenvalue weighted by molar-refractivity contribution is -0.633. The highest BCUT2D eigenvalue weighted by molar-refractivity contribution is 4.61. The van der Waals surface area contributed by atoms with Crippen LogP contribution in [0.15, 0.2) is 0 Å². The Morgan fingerprint density at radius 1 is 1.75 bits per heavy atom. The molecule has 1 aliphatic heterocycles. The Kier molecular flexibility index (Phi) is 2.30. The predicted molar refractivity (Wildman–Crippen MR) is 31.7 cm³/mol. The summed E-state index contributed by atoms with van der Waals surface area (Å²) in [4.78, 5) is 0. The number of ether oxygens (including phenoxy) is 1. The molecule has 1 fully saturated rings. The van der Waals surface area contributed by atoms with Crippen molar-refractivity contribution in [1.29, 1.82) is 0 Å². The molecule has 8 heavy (non-hydrogen) atoms. The molecule has 1 rings (SSSR count). The van der Waals surface area contributed by atoms with Gasteiger partial charge in [-0.05, 0) is 12.8 Å². The minimum Gasteiger partial charge on any atom is -0.372 e. The van der Waals surface area contributed by atoms with Gasteiger partial charge in [0.25, 0.3) is 0 Å². The molecule has 1 aliphatic rings. The molecule has 1 heterocycles. The van der Waals surface area contributed by atoms with E-state index >= 15 is 0 Å². The maximum Gasteiger partial charge on any atom is 0.106 e. The van der Waals surface area contributed by atoms with Gasteiger partial charge >= 0.3 is 0 Å². The zero-order valence-electron chi connectivity index (χ0n) is 5.39. The first-order valence-electron chi connectivity index (χ1n) is 3.33. The quantitative estimate of drug-likeness (QED) is 0.510. The zero-order chi connectivity index (χ0) is 5.82. The van der Waals surface area contributed by atoms with Crippen LogP contribution in [0, 0.1) is 0 Å². The molecule has 0 saturated carbocycles. The van der Waals surface area contributed by atoms with Crippen LogP contribution in [-0.2, 0) is 4.74 Å². The fourth-order valence-electron chi connectivity index (χ4n) is 1.09. The minimum atomic E-state index is 0.556. The molecule has 1 saturated heterocycles. The monoisotopic (exact) mass is 116 g/mol. The van der Waals surface area contributed by atoms with Gasteiger partial charge in [-0.1, -0.05) is 0 Å². The van der Waals surface area contributed by atoms with E-state index in [4.69, 9.17) is 4.74 Å². The second kappa shape index (κ2) is 3.05. The van der Waals surface area contributed by atoms with E-state index in [1.54, 1.807) is 0 Å². The standard InChI is InChI=1S/C6H13NO/c1-7-5-6-3-2-4-8-6/h6-7H,2-5H2,1H3/p+1/t6-/m1/s1. The smallest absolute Gasteiger partial charge is 0.106 e. The Morgan fingerprint density at radius 2 is 2.62 bits per heavy atom. The molecule has 2 heteroatoms. The van der Waals surface area contributed by atoms with Gasteiger partial charge in [-0.3, -0.25) is 0 Å². The number of rotatable bonds is 2. The highest BCUT2D eigenvalue weighted by Crippen LogP contribution is 2.08. The molecule has 2 nitrogen and oxygen atoms in total. The Morgan fingerprint density at radius 3 is 3.12 bits per heavy atom. The number of hydrogen-bond donors (Lipinski definition) is 1. The van der Waals surface area contributed by atoms with Gasteiger partial charge in [0.15, 0.2) is 0 Å². The van der Waals surface area contributed by atoms with Crippen molar-refractivity contribution in [3.63, 3.8) is 0 Å². The summed E-state index contributed by atoms with van der Waals surface area (Å²) in [5.74, 6) is 0. The normalized spacial score (nSPS) is 28.9. The van der Waals surface area contributed by atoms with Crippen LogP contribution in [0.4, 0.5) is 0 Å². The number of quaternary nitrogens is 1. The SMILES string of the molecule is C[NH2+]C[C@H]1CCCO1. The van der Waals surface area contributed by atoms with Crippen molar-refractivity contribution in [2.75, 3.05) is 20.2 Å². The molecule has 2 N–H and O–H groups in total. The van der Waals surface area contributed by atoms with Crippen molar-refractivity contribution >= 4 is 0 Å². The van der Waals surface area contributed by atoms with E-state index in [9.17, 15) is 0 Å². The first-order chi connectivity index (χ1) is 3.93. The molecule has 0 amide bonds. The Labute approximate surface area is 50.2 Å². The van der Waals surface area contributed by atoms with E-state index in [0.29, 0.717) is 6.10 Å². The van der Waals surface area contributed by atoms with E-state index in [-0.39, 0.29) is 0 Å². The van der Waals surface area contributed by atoms with E-state index < -0.39 is 0 Å². The first-order valence-corrected chi connectivity index (χ1v) is 3.33. The van der Waals surface area contributed by atoms with Crippen LogP contribution in [0.3, 0.4) is 0 Å². The van der Waals surface area contributed by atoms with Gasteiger partial charge in [0, 0.05) is 6.61 Å². The summed E-state index contributed by atoms with van der Waals surface area (Å²) in [6.45, 7) is 2.12. The lowest BCUT2D eigenvalue weighted by atomic mass is 10.2. The van der Waals surface area contributed by atoms with Crippen molar-refractivity contribution < 1.29 is 10.1 Å². The van der Waals surface area contributed by atoms with Crippen LogP contribution in [-0.4, -0.2) is 26.3 Å². The van der Waals surface area contributed by atoms with Crippen molar-refractivity contribution in [2.45, 2.75) is 18.9 Å². The molecule has 0 unspecified atom stereocenters. The number of nitrogens with two attached hydrogens (primary N) is 1. The van der Waals surface area contributed by atoms with Gasteiger partial charge in [-0.25, -0.2) is 0 Å². The lowest BCUT2D eigenvalue weighted by Crippen LogP contribution is -2.82. The van der Waals surface area contributed by atoms with Crippen molar-refractivity contribution in [3.05, 3.63) is 0 Å². The van der Waals surface area contributed by atoms with Crippen LogP contribution in [0.5, 0.6) is 0 Å². The predicted octanol–water partition coefficient (Wildman–Crippen LogP) is -0.641. The third kappa shape index (κ3) is 1.46. The highest BCUT2D eigenvalue weighted by Gasteiger charge is 2.15. The zero-order valence-corrected chi connectivity index (χ0v) is 5.39. The molecule has 0 spiro atoms. The summed E-state index contributed by atoms with van der Waals surface area (Å²) in [5.41, 5.74) is 0. The van der Waals surface area contributed by atoms with E-state index in [1.807, 2.05) is 0 Å². The molecule has 0 radical (unpaired) electrons. The van der Waals surface area contributed by atoms with E-state index in [2.05, 4.69) is 12.4 Å². The third-order valence-corrected chi connectivity index (χ3v) is 1.52. The number of likely N-dealkylation sites (N-methyl/N-ethyl adjacent to an activating group) is 1. The van der Waals surface area contributed by atoms with Gasteiger partial charge in [-0.2, -0.15) is 0 Å². The Hall–Kier alpha value is -0.0800. The summed E-state index contributed by atoms with van der Waals surface area (Å²) < 4.78 is 5.36. The van der Waals surface area contributed by atoms with Gasteiger partial charge in [0.05, 0.1) is 7.05 Å². The fraction of sp³-hybridized carbons (Fsp3) is 1.00. The first kappa shape index (κ1) is 6.05. The molecule has 48 valence electrons. The van der Waals surface area contributed by atoms with Crippen molar-refractivity contribution in [1.82, 2.24) is 0 Å². The average molecular weight is 116 g/mol. The molecular formula is C6H14NO+. The topological polar surface area (TPSA) is 25.8 Å². The Bertz CT molecular complexity index is 59.5. The van der Waals surface area contributed by atoms with Gasteiger partial charge in [-0.15, -0.1) is 0 Å².